The number of anilines is 1. The Kier molecular flexibility index (Phi) is 4.25. The van der Waals surface area contributed by atoms with Crippen molar-refractivity contribution in [2.45, 2.75) is 38.9 Å². The number of benzene rings is 1. The van der Waals surface area contributed by atoms with Crippen molar-refractivity contribution < 1.29 is 18.8 Å². The highest BCUT2D eigenvalue weighted by Gasteiger charge is 2.52. The lowest BCUT2D eigenvalue weighted by atomic mass is 9.76. The van der Waals surface area contributed by atoms with Crippen LogP contribution in [0.4, 0.5) is 5.69 Å². The topological polar surface area (TPSA) is 48.0 Å². The Morgan fingerprint density at radius 1 is 1.09 bits per heavy atom. The molecule has 0 saturated carbocycles. The first-order valence-corrected chi connectivity index (χ1v) is 8.12. The Hall–Kier alpha value is -1.37. The fourth-order valence-corrected chi connectivity index (χ4v) is 2.99. The Morgan fingerprint density at radius 2 is 1.70 bits per heavy atom. The number of aldehydes is 1. The molecule has 5 nitrogen and oxygen atoms in total. The van der Waals surface area contributed by atoms with Crippen LogP contribution in [0.25, 0.3) is 0 Å². The van der Waals surface area contributed by atoms with E-state index in [-0.39, 0.29) is 0 Å². The summed E-state index contributed by atoms with van der Waals surface area (Å²) in [7, 11) is -0.474. The van der Waals surface area contributed by atoms with Crippen molar-refractivity contribution in [1.29, 1.82) is 0 Å². The molecule has 1 aromatic rings. The van der Waals surface area contributed by atoms with Crippen LogP contribution < -0.4 is 10.4 Å². The summed E-state index contributed by atoms with van der Waals surface area (Å²) in [5, 5.41) is 0. The minimum absolute atomic E-state index is 0.406. The van der Waals surface area contributed by atoms with Gasteiger partial charge in [-0.05, 0) is 33.8 Å². The summed E-state index contributed by atoms with van der Waals surface area (Å²) >= 11 is 0. The number of morpholine rings is 1. The van der Waals surface area contributed by atoms with Gasteiger partial charge in [0.25, 0.3) is 0 Å². The highest BCUT2D eigenvalue weighted by Crippen LogP contribution is 2.37. The van der Waals surface area contributed by atoms with Crippen LogP contribution >= 0.6 is 0 Å². The van der Waals surface area contributed by atoms with Gasteiger partial charge in [-0.1, -0.05) is 12.1 Å². The van der Waals surface area contributed by atoms with Gasteiger partial charge in [-0.15, -0.1) is 0 Å². The molecule has 2 aliphatic heterocycles. The fraction of sp³-hybridized carbons (Fsp3) is 0.588. The average molecular weight is 317 g/mol. The van der Waals surface area contributed by atoms with Gasteiger partial charge in [-0.3, -0.25) is 4.79 Å². The first kappa shape index (κ1) is 16.5. The number of rotatable bonds is 3. The molecule has 2 aliphatic rings. The predicted molar refractivity (Wildman–Crippen MR) is 90.6 cm³/mol. The van der Waals surface area contributed by atoms with Crippen molar-refractivity contribution in [3.8, 4) is 0 Å². The second kappa shape index (κ2) is 5.93. The molecule has 0 unspecified atom stereocenters. The molecule has 0 atom stereocenters. The van der Waals surface area contributed by atoms with Gasteiger partial charge < -0.3 is 18.9 Å². The van der Waals surface area contributed by atoms with Crippen LogP contribution in [0.15, 0.2) is 18.2 Å². The van der Waals surface area contributed by atoms with E-state index in [0.29, 0.717) is 18.8 Å². The maximum Gasteiger partial charge on any atom is 0.496 e. The molecule has 6 heteroatoms. The minimum Gasteiger partial charge on any atom is -0.399 e. The summed E-state index contributed by atoms with van der Waals surface area (Å²) in [6, 6.07) is 5.71. The molecule has 1 aromatic carbocycles. The Balaban J connectivity index is 2.01. The molecular weight excluding hydrogens is 293 g/mol. The molecule has 0 aliphatic carbocycles. The van der Waals surface area contributed by atoms with Crippen LogP contribution in [0, 0.1) is 0 Å². The quantitative estimate of drug-likeness (QED) is 0.626. The Bertz CT molecular complexity index is 580. The fourth-order valence-electron chi connectivity index (χ4n) is 2.99. The van der Waals surface area contributed by atoms with Crippen molar-refractivity contribution in [2.24, 2.45) is 0 Å². The zero-order chi connectivity index (χ0) is 16.7. The van der Waals surface area contributed by atoms with Crippen molar-refractivity contribution >= 4 is 24.6 Å². The second-order valence-electron chi connectivity index (χ2n) is 7.09. The number of carbonyl (C=O) groups excluding carboxylic acids is 1. The van der Waals surface area contributed by atoms with Crippen LogP contribution in [-0.2, 0) is 14.0 Å². The Morgan fingerprint density at radius 3 is 2.26 bits per heavy atom. The van der Waals surface area contributed by atoms with E-state index in [0.717, 1.165) is 30.5 Å². The molecule has 2 heterocycles. The molecular formula is C17H24BNO4. The number of ether oxygens (including phenoxy) is 1. The van der Waals surface area contributed by atoms with Crippen LogP contribution in [0.3, 0.4) is 0 Å². The number of para-hydroxylation sites is 1. The smallest absolute Gasteiger partial charge is 0.399 e. The molecule has 0 N–H and O–H groups in total. The monoisotopic (exact) mass is 317 g/mol. The number of hydrogen-bond acceptors (Lipinski definition) is 5. The maximum atomic E-state index is 11.6. The van der Waals surface area contributed by atoms with Crippen LogP contribution in [0.1, 0.15) is 38.1 Å². The summed E-state index contributed by atoms with van der Waals surface area (Å²) in [5.41, 5.74) is 1.67. The normalized spacial score (nSPS) is 23.1. The Labute approximate surface area is 138 Å². The van der Waals surface area contributed by atoms with Gasteiger partial charge in [-0.2, -0.15) is 0 Å². The molecule has 23 heavy (non-hydrogen) atoms. The zero-order valence-corrected chi connectivity index (χ0v) is 14.3. The number of hydrogen-bond donors (Lipinski definition) is 0. The van der Waals surface area contributed by atoms with Gasteiger partial charge in [0, 0.05) is 29.8 Å². The predicted octanol–water partition coefficient (Wildman–Crippen LogP) is 1.63. The van der Waals surface area contributed by atoms with E-state index in [1.165, 1.54) is 0 Å². The van der Waals surface area contributed by atoms with E-state index in [1.54, 1.807) is 0 Å². The van der Waals surface area contributed by atoms with Crippen LogP contribution in [0.2, 0.25) is 0 Å². The van der Waals surface area contributed by atoms with Gasteiger partial charge in [0.15, 0.2) is 6.29 Å². The number of nitrogens with zero attached hydrogens (tertiary/aromatic N) is 1. The molecule has 124 valence electrons. The standard InChI is InChI=1S/C17H24BNO4/c1-16(2)17(3,4)23-18(22-16)14-7-5-6-13(12-20)15(14)19-8-10-21-11-9-19/h5-7,12H,8-11H2,1-4H3. The van der Waals surface area contributed by atoms with E-state index < -0.39 is 18.3 Å². The van der Waals surface area contributed by atoms with Crippen LogP contribution in [-0.4, -0.2) is 50.9 Å². The van der Waals surface area contributed by atoms with Crippen LogP contribution in [0.5, 0.6) is 0 Å². The van der Waals surface area contributed by atoms with Crippen molar-refractivity contribution in [2.75, 3.05) is 31.2 Å². The van der Waals surface area contributed by atoms with Gasteiger partial charge in [0.05, 0.1) is 24.4 Å². The minimum atomic E-state index is -0.474. The molecule has 3 rings (SSSR count). The lowest BCUT2D eigenvalue weighted by Gasteiger charge is -2.32. The third-order valence-electron chi connectivity index (χ3n) is 5.06. The highest BCUT2D eigenvalue weighted by molar-refractivity contribution is 6.64. The van der Waals surface area contributed by atoms with E-state index in [9.17, 15) is 4.79 Å². The first-order chi connectivity index (χ1) is 10.9. The first-order valence-electron chi connectivity index (χ1n) is 8.12. The summed E-state index contributed by atoms with van der Waals surface area (Å²) in [6.45, 7) is 11.0. The van der Waals surface area contributed by atoms with Crippen molar-refractivity contribution in [1.82, 2.24) is 0 Å². The summed E-state index contributed by atoms with van der Waals surface area (Å²) in [4.78, 5) is 13.7. The van der Waals surface area contributed by atoms with E-state index >= 15 is 0 Å². The summed E-state index contributed by atoms with van der Waals surface area (Å²) in [5.74, 6) is 0. The molecule has 0 spiro atoms. The van der Waals surface area contributed by atoms with Crippen molar-refractivity contribution in [3.63, 3.8) is 0 Å². The third-order valence-corrected chi connectivity index (χ3v) is 5.06. The van der Waals surface area contributed by atoms with Gasteiger partial charge in [-0.25, -0.2) is 0 Å². The van der Waals surface area contributed by atoms with Crippen molar-refractivity contribution in [3.05, 3.63) is 23.8 Å². The molecule has 0 amide bonds. The lowest BCUT2D eigenvalue weighted by Crippen LogP contribution is -2.44. The van der Waals surface area contributed by atoms with Gasteiger partial charge >= 0.3 is 7.12 Å². The lowest BCUT2D eigenvalue weighted by molar-refractivity contribution is 0.00578. The molecule has 0 aromatic heterocycles. The van der Waals surface area contributed by atoms with E-state index in [2.05, 4.69) is 4.90 Å². The molecule has 0 radical (unpaired) electrons. The maximum absolute atomic E-state index is 11.6. The second-order valence-corrected chi connectivity index (χ2v) is 7.09. The zero-order valence-electron chi connectivity index (χ0n) is 14.3. The number of carbonyl (C=O) groups is 1. The van der Waals surface area contributed by atoms with Gasteiger partial charge in [0.1, 0.15) is 0 Å². The molecule has 2 saturated heterocycles. The SMILES string of the molecule is CC1(C)OB(c2cccc(C=O)c2N2CCOCC2)OC1(C)C. The molecule has 2 fully saturated rings. The summed E-state index contributed by atoms with van der Waals surface area (Å²) in [6.07, 6.45) is 0.902. The largest absolute Gasteiger partial charge is 0.496 e. The van der Waals surface area contributed by atoms with E-state index in [1.807, 2.05) is 45.9 Å². The van der Waals surface area contributed by atoms with Gasteiger partial charge in [0.2, 0.25) is 0 Å². The third kappa shape index (κ3) is 2.91. The van der Waals surface area contributed by atoms with E-state index in [4.69, 9.17) is 14.0 Å². The molecule has 0 bridgehead atoms. The summed E-state index contributed by atoms with van der Waals surface area (Å²) < 4.78 is 17.8. The highest BCUT2D eigenvalue weighted by atomic mass is 16.7. The average Bonchev–Trinajstić information content (AvgIpc) is 2.75.